The van der Waals surface area contributed by atoms with Crippen LogP contribution in [0.5, 0.6) is 0 Å². The lowest BCUT2D eigenvalue weighted by atomic mass is 10.2. The summed E-state index contributed by atoms with van der Waals surface area (Å²) in [5, 5.41) is 3.93. The van der Waals surface area contributed by atoms with Crippen molar-refractivity contribution in [2.45, 2.75) is 25.0 Å². The van der Waals surface area contributed by atoms with E-state index in [4.69, 9.17) is 4.74 Å². The molecule has 3 rings (SSSR count). The number of carbonyl (C=O) groups excluding carboxylic acids is 1. The Hall–Kier alpha value is -2.16. The van der Waals surface area contributed by atoms with Crippen molar-refractivity contribution < 1.29 is 9.53 Å². The first-order valence-corrected chi connectivity index (χ1v) is 11.1. The number of nitrogens with one attached hydrogen (secondary N) is 1. The van der Waals surface area contributed by atoms with Gasteiger partial charge in [-0.2, -0.15) is 0 Å². The minimum Gasteiger partial charge on any atom is -0.382 e. The summed E-state index contributed by atoms with van der Waals surface area (Å²) >= 11 is 4.67. The van der Waals surface area contributed by atoms with Crippen LogP contribution in [0.3, 0.4) is 0 Å². The summed E-state index contributed by atoms with van der Waals surface area (Å²) in [4.78, 5) is 30.0. The molecule has 29 heavy (non-hydrogen) atoms. The second-order valence-corrected chi connectivity index (χ2v) is 8.12. The van der Waals surface area contributed by atoms with Crippen LogP contribution in [-0.4, -0.2) is 34.4 Å². The third-order valence-electron chi connectivity index (χ3n) is 4.15. The molecule has 6 nitrogen and oxygen atoms in total. The lowest BCUT2D eigenvalue weighted by Gasteiger charge is -2.13. The van der Waals surface area contributed by atoms with Crippen molar-refractivity contribution in [3.8, 4) is 0 Å². The van der Waals surface area contributed by atoms with Crippen LogP contribution in [0.25, 0.3) is 10.9 Å². The molecule has 2 aromatic carbocycles. The summed E-state index contributed by atoms with van der Waals surface area (Å²) in [5.74, 6) is 0.0154. The smallest absolute Gasteiger partial charge is 0.262 e. The molecule has 1 N–H and O–H groups in total. The summed E-state index contributed by atoms with van der Waals surface area (Å²) in [6.07, 6.45) is 0.693. The van der Waals surface area contributed by atoms with Crippen LogP contribution in [-0.2, 0) is 16.1 Å². The zero-order valence-corrected chi connectivity index (χ0v) is 18.5. The van der Waals surface area contributed by atoms with Crippen molar-refractivity contribution in [1.82, 2.24) is 9.55 Å². The molecule has 3 aromatic rings. The quantitative estimate of drug-likeness (QED) is 0.283. The third-order valence-corrected chi connectivity index (χ3v) is 5.62. The van der Waals surface area contributed by atoms with E-state index in [0.717, 1.165) is 10.2 Å². The Kier molecular flexibility index (Phi) is 7.85. The van der Waals surface area contributed by atoms with E-state index in [9.17, 15) is 9.59 Å². The molecule has 0 bridgehead atoms. The molecule has 0 saturated carbocycles. The Bertz CT molecular complexity index is 1040. The van der Waals surface area contributed by atoms with Crippen molar-refractivity contribution in [3.63, 3.8) is 0 Å². The largest absolute Gasteiger partial charge is 0.382 e. The van der Waals surface area contributed by atoms with Crippen LogP contribution in [0.2, 0.25) is 0 Å². The average molecular weight is 476 g/mol. The maximum Gasteiger partial charge on any atom is 0.262 e. The maximum atomic E-state index is 13.0. The van der Waals surface area contributed by atoms with Crippen LogP contribution in [0.15, 0.2) is 63.0 Å². The predicted octanol–water partition coefficient (Wildman–Crippen LogP) is 4.32. The van der Waals surface area contributed by atoms with Gasteiger partial charge in [-0.15, -0.1) is 0 Å². The molecule has 0 unspecified atom stereocenters. The van der Waals surface area contributed by atoms with E-state index in [1.54, 1.807) is 16.7 Å². The van der Waals surface area contributed by atoms with Crippen LogP contribution in [0, 0.1) is 0 Å². The number of halogens is 1. The monoisotopic (exact) mass is 475 g/mol. The molecular weight excluding hydrogens is 454 g/mol. The Morgan fingerprint density at radius 2 is 2.03 bits per heavy atom. The van der Waals surface area contributed by atoms with Crippen molar-refractivity contribution in [2.24, 2.45) is 0 Å². The molecule has 0 aliphatic rings. The number of carbonyl (C=O) groups is 1. The van der Waals surface area contributed by atoms with E-state index in [0.29, 0.717) is 42.2 Å². The highest BCUT2D eigenvalue weighted by Crippen LogP contribution is 2.21. The van der Waals surface area contributed by atoms with Gasteiger partial charge in [-0.1, -0.05) is 45.9 Å². The first-order valence-electron chi connectivity index (χ1n) is 9.34. The van der Waals surface area contributed by atoms with E-state index >= 15 is 0 Å². The fourth-order valence-electron chi connectivity index (χ4n) is 2.80. The number of rotatable bonds is 9. The molecule has 0 aliphatic heterocycles. The number of hydrogen-bond acceptors (Lipinski definition) is 5. The lowest BCUT2D eigenvalue weighted by molar-refractivity contribution is -0.113. The second-order valence-electron chi connectivity index (χ2n) is 6.27. The Balaban J connectivity index is 1.81. The van der Waals surface area contributed by atoms with Crippen LogP contribution in [0.1, 0.15) is 13.3 Å². The summed E-state index contributed by atoms with van der Waals surface area (Å²) < 4.78 is 7.85. The first kappa shape index (κ1) is 21.5. The van der Waals surface area contributed by atoms with Gasteiger partial charge >= 0.3 is 0 Å². The highest BCUT2D eigenvalue weighted by atomic mass is 79.9. The van der Waals surface area contributed by atoms with Gasteiger partial charge in [0.1, 0.15) is 0 Å². The van der Waals surface area contributed by atoms with Gasteiger partial charge in [-0.05, 0) is 43.7 Å². The van der Waals surface area contributed by atoms with Crippen LogP contribution < -0.4 is 10.9 Å². The molecule has 0 fully saturated rings. The van der Waals surface area contributed by atoms with Gasteiger partial charge < -0.3 is 10.1 Å². The standard InChI is InChI=1S/C21H22BrN3O3S/c1-2-28-12-6-11-25-20(27)17-13-15(22)9-10-18(17)24-21(25)29-14-19(26)23-16-7-4-3-5-8-16/h3-5,7-10,13H,2,6,11-12,14H2,1H3,(H,23,26). The van der Waals surface area contributed by atoms with Crippen molar-refractivity contribution in [2.75, 3.05) is 24.3 Å². The summed E-state index contributed by atoms with van der Waals surface area (Å²) in [5.41, 5.74) is 1.24. The van der Waals surface area contributed by atoms with Gasteiger partial charge in [-0.25, -0.2) is 4.98 Å². The number of ether oxygens (including phenoxy) is 1. The minimum atomic E-state index is -0.146. The number of para-hydroxylation sites is 1. The molecule has 1 amide bonds. The average Bonchev–Trinajstić information content (AvgIpc) is 2.72. The van der Waals surface area contributed by atoms with Gasteiger partial charge in [0.2, 0.25) is 5.91 Å². The topological polar surface area (TPSA) is 73.2 Å². The SMILES string of the molecule is CCOCCCn1c(SCC(=O)Nc2ccccc2)nc2ccc(Br)cc2c1=O. The van der Waals surface area contributed by atoms with E-state index in [1.165, 1.54) is 11.8 Å². The third kappa shape index (κ3) is 5.91. The Labute approximate surface area is 181 Å². The van der Waals surface area contributed by atoms with E-state index in [1.807, 2.05) is 43.3 Å². The van der Waals surface area contributed by atoms with E-state index < -0.39 is 0 Å². The zero-order valence-electron chi connectivity index (χ0n) is 16.1. The second kappa shape index (κ2) is 10.6. The molecular formula is C21H22BrN3O3S. The zero-order chi connectivity index (χ0) is 20.6. The molecule has 0 aliphatic carbocycles. The number of benzene rings is 2. The number of aromatic nitrogens is 2. The lowest BCUT2D eigenvalue weighted by Crippen LogP contribution is -2.25. The minimum absolute atomic E-state index is 0.112. The highest BCUT2D eigenvalue weighted by molar-refractivity contribution is 9.10. The molecule has 1 heterocycles. The molecule has 1 aromatic heterocycles. The number of fused-ring (bicyclic) bond motifs is 1. The molecule has 0 atom stereocenters. The normalized spacial score (nSPS) is 11.0. The van der Waals surface area contributed by atoms with Crippen molar-refractivity contribution in [1.29, 1.82) is 0 Å². The summed E-state index contributed by atoms with van der Waals surface area (Å²) in [7, 11) is 0. The van der Waals surface area contributed by atoms with Gasteiger partial charge in [0.25, 0.3) is 5.56 Å². The number of amides is 1. The molecule has 8 heteroatoms. The Morgan fingerprint density at radius 1 is 1.24 bits per heavy atom. The van der Waals surface area contributed by atoms with E-state index in [-0.39, 0.29) is 17.2 Å². The van der Waals surface area contributed by atoms with Crippen LogP contribution >= 0.6 is 27.7 Å². The number of anilines is 1. The highest BCUT2D eigenvalue weighted by Gasteiger charge is 2.14. The fourth-order valence-corrected chi connectivity index (χ4v) is 3.98. The van der Waals surface area contributed by atoms with Gasteiger partial charge in [0.15, 0.2) is 5.16 Å². The van der Waals surface area contributed by atoms with Gasteiger partial charge in [0, 0.05) is 29.9 Å². The number of nitrogens with zero attached hydrogens (tertiary/aromatic N) is 2. The first-order chi connectivity index (χ1) is 14.1. The van der Waals surface area contributed by atoms with Gasteiger partial charge in [0.05, 0.1) is 16.7 Å². The molecule has 0 spiro atoms. The number of hydrogen-bond donors (Lipinski definition) is 1. The maximum absolute atomic E-state index is 13.0. The van der Waals surface area contributed by atoms with Crippen molar-refractivity contribution in [3.05, 3.63) is 63.4 Å². The van der Waals surface area contributed by atoms with E-state index in [2.05, 4.69) is 26.2 Å². The summed E-state index contributed by atoms with van der Waals surface area (Å²) in [6, 6.07) is 14.7. The van der Waals surface area contributed by atoms with Gasteiger partial charge in [-0.3, -0.25) is 14.2 Å². The Morgan fingerprint density at radius 3 is 2.79 bits per heavy atom. The summed E-state index contributed by atoms with van der Waals surface area (Å²) in [6.45, 7) is 3.63. The number of thioether (sulfide) groups is 1. The van der Waals surface area contributed by atoms with Crippen LogP contribution in [0.4, 0.5) is 5.69 Å². The molecule has 0 radical (unpaired) electrons. The molecule has 0 saturated heterocycles. The predicted molar refractivity (Wildman–Crippen MR) is 121 cm³/mol. The molecule has 152 valence electrons. The fraction of sp³-hybridized carbons (Fsp3) is 0.286. The van der Waals surface area contributed by atoms with Crippen molar-refractivity contribution >= 4 is 50.2 Å².